The summed E-state index contributed by atoms with van der Waals surface area (Å²) in [5.74, 6) is 0. The first-order valence-electron chi connectivity index (χ1n) is 5.31. The molecule has 1 atom stereocenters. The van der Waals surface area contributed by atoms with E-state index in [4.69, 9.17) is 22.7 Å². The van der Waals surface area contributed by atoms with Crippen LogP contribution in [0.1, 0.15) is 27.2 Å². The Morgan fingerprint density at radius 1 is 1.44 bits per heavy atom. The molecule has 0 saturated heterocycles. The van der Waals surface area contributed by atoms with Crippen LogP contribution in [0.25, 0.3) is 0 Å². The molecule has 0 spiro atoms. The molecule has 0 saturated carbocycles. The van der Waals surface area contributed by atoms with Crippen LogP contribution in [0.2, 0.25) is 0 Å². The molecule has 0 aromatic rings. The van der Waals surface area contributed by atoms with Gasteiger partial charge in [0.25, 0.3) is 0 Å². The minimum absolute atomic E-state index is 0.203. The van der Waals surface area contributed by atoms with Gasteiger partial charge in [0.1, 0.15) is 0 Å². The molecule has 0 aromatic heterocycles. The van der Waals surface area contributed by atoms with Crippen LogP contribution >= 0.6 is 12.2 Å². The minimum Gasteiger partial charge on any atom is -0.446 e. The summed E-state index contributed by atoms with van der Waals surface area (Å²) in [5, 5.41) is 0. The highest BCUT2D eigenvalue weighted by Gasteiger charge is 2.26. The number of ether oxygens (including phenoxy) is 1. The molecular weight excluding hydrogens is 278 g/mol. The average molecular weight is 297 g/mol. The number of thiocarbonyl (C=S) groups is 1. The topological polar surface area (TPSA) is 102 Å². The number of hydrogen-bond acceptors (Lipinski definition) is 5. The van der Waals surface area contributed by atoms with E-state index in [0.717, 1.165) is 4.31 Å². The van der Waals surface area contributed by atoms with Crippen molar-refractivity contribution in [3.63, 3.8) is 0 Å². The standard InChI is InChI=1S/C9H19N3O4S2/c1-6(2)16-9(13)11-18(14,15)12(4)7(3)5-8(10)17/h6-7H,5H2,1-4H3,(H2,10,17)(H,11,13). The molecular formula is C9H19N3O4S2. The molecule has 18 heavy (non-hydrogen) atoms. The maximum atomic E-state index is 11.8. The van der Waals surface area contributed by atoms with E-state index in [1.807, 2.05) is 0 Å². The zero-order valence-corrected chi connectivity index (χ0v) is 12.5. The molecule has 0 aliphatic heterocycles. The third-order valence-electron chi connectivity index (χ3n) is 2.05. The van der Waals surface area contributed by atoms with Crippen molar-refractivity contribution in [2.24, 2.45) is 5.73 Å². The summed E-state index contributed by atoms with van der Waals surface area (Å²) >= 11 is 4.70. The lowest BCUT2D eigenvalue weighted by molar-refractivity contribution is 0.121. The normalized spacial score (nSPS) is 13.4. The van der Waals surface area contributed by atoms with Gasteiger partial charge in [-0.3, -0.25) is 0 Å². The second-order valence-corrected chi connectivity index (χ2v) is 6.35. The Hall–Kier alpha value is -0.930. The first-order valence-corrected chi connectivity index (χ1v) is 7.15. The van der Waals surface area contributed by atoms with E-state index in [0.29, 0.717) is 0 Å². The number of carbonyl (C=O) groups excluding carboxylic acids is 1. The number of rotatable bonds is 6. The van der Waals surface area contributed by atoms with E-state index < -0.39 is 28.4 Å². The van der Waals surface area contributed by atoms with Crippen LogP contribution in [-0.4, -0.2) is 43.0 Å². The largest absolute Gasteiger partial charge is 0.446 e. The third kappa shape index (κ3) is 6.12. The summed E-state index contributed by atoms with van der Waals surface area (Å²) < 4.78 is 31.0. The fourth-order valence-corrected chi connectivity index (χ4v) is 2.26. The predicted octanol–water partition coefficient (Wildman–Crippen LogP) is 0.362. The van der Waals surface area contributed by atoms with Gasteiger partial charge in [-0.15, -0.1) is 0 Å². The van der Waals surface area contributed by atoms with Crippen LogP contribution in [0, 0.1) is 0 Å². The third-order valence-corrected chi connectivity index (χ3v) is 3.76. The predicted molar refractivity (Wildman–Crippen MR) is 72.3 cm³/mol. The summed E-state index contributed by atoms with van der Waals surface area (Å²) in [6.45, 7) is 4.86. The highest BCUT2D eigenvalue weighted by molar-refractivity contribution is 7.87. The van der Waals surface area contributed by atoms with Crippen molar-refractivity contribution < 1.29 is 17.9 Å². The zero-order valence-electron chi connectivity index (χ0n) is 10.8. The van der Waals surface area contributed by atoms with Crippen LogP contribution in [0.5, 0.6) is 0 Å². The van der Waals surface area contributed by atoms with Gasteiger partial charge in [0.15, 0.2) is 0 Å². The highest BCUT2D eigenvalue weighted by Crippen LogP contribution is 2.06. The van der Waals surface area contributed by atoms with Crippen LogP contribution in [0.4, 0.5) is 4.79 Å². The Labute approximate surface area is 113 Å². The second kappa shape index (κ2) is 6.86. The Bertz CT molecular complexity index is 408. The molecule has 0 aromatic carbocycles. The first-order chi connectivity index (χ1) is 8.06. The molecule has 0 rings (SSSR count). The fraction of sp³-hybridized carbons (Fsp3) is 0.778. The summed E-state index contributed by atoms with van der Waals surface area (Å²) in [5.41, 5.74) is 5.34. The average Bonchev–Trinajstić information content (AvgIpc) is 2.12. The van der Waals surface area contributed by atoms with Gasteiger partial charge in [0, 0.05) is 19.5 Å². The van der Waals surface area contributed by atoms with Crippen LogP contribution in [0.15, 0.2) is 0 Å². The second-order valence-electron chi connectivity index (χ2n) is 4.10. The maximum absolute atomic E-state index is 11.8. The van der Waals surface area contributed by atoms with E-state index >= 15 is 0 Å². The Balaban J connectivity index is 4.62. The summed E-state index contributed by atoms with van der Waals surface area (Å²) in [4.78, 5) is 11.4. The van der Waals surface area contributed by atoms with E-state index in [9.17, 15) is 13.2 Å². The molecule has 0 aliphatic rings. The van der Waals surface area contributed by atoms with E-state index in [1.54, 1.807) is 25.5 Å². The maximum Gasteiger partial charge on any atom is 0.422 e. The SMILES string of the molecule is CC(C)OC(=O)NS(=O)(=O)N(C)C(C)CC(N)=S. The molecule has 1 amide bonds. The Morgan fingerprint density at radius 2 is 1.94 bits per heavy atom. The molecule has 0 aliphatic carbocycles. The molecule has 3 N–H and O–H groups in total. The number of nitrogens with one attached hydrogen (secondary N) is 1. The lowest BCUT2D eigenvalue weighted by Crippen LogP contribution is -2.46. The quantitative estimate of drug-likeness (QED) is 0.686. The van der Waals surface area contributed by atoms with Crippen molar-refractivity contribution in [1.82, 2.24) is 9.03 Å². The van der Waals surface area contributed by atoms with Crippen LogP contribution in [-0.2, 0) is 14.9 Å². The molecule has 0 radical (unpaired) electrons. The van der Waals surface area contributed by atoms with Gasteiger partial charge >= 0.3 is 16.3 Å². The lowest BCUT2D eigenvalue weighted by atomic mass is 10.2. The summed E-state index contributed by atoms with van der Waals surface area (Å²) in [7, 11) is -2.63. The zero-order chi connectivity index (χ0) is 14.5. The van der Waals surface area contributed by atoms with Gasteiger partial charge in [-0.1, -0.05) is 12.2 Å². The summed E-state index contributed by atoms with van der Waals surface area (Å²) in [6, 6.07) is -0.452. The van der Waals surface area contributed by atoms with Crippen molar-refractivity contribution in [1.29, 1.82) is 0 Å². The molecule has 7 nitrogen and oxygen atoms in total. The van der Waals surface area contributed by atoms with Crippen molar-refractivity contribution in [2.45, 2.75) is 39.3 Å². The molecule has 0 heterocycles. The van der Waals surface area contributed by atoms with E-state index in [1.165, 1.54) is 7.05 Å². The Kier molecular flexibility index (Phi) is 6.50. The smallest absolute Gasteiger partial charge is 0.422 e. The van der Waals surface area contributed by atoms with E-state index in [2.05, 4.69) is 0 Å². The number of carbonyl (C=O) groups is 1. The number of hydrogen-bond donors (Lipinski definition) is 2. The van der Waals surface area contributed by atoms with Gasteiger partial charge in [0.2, 0.25) is 0 Å². The van der Waals surface area contributed by atoms with Gasteiger partial charge in [-0.05, 0) is 20.8 Å². The number of nitrogens with two attached hydrogens (primary N) is 1. The van der Waals surface area contributed by atoms with E-state index in [-0.39, 0.29) is 11.4 Å². The fourth-order valence-electron chi connectivity index (χ4n) is 1.07. The molecule has 106 valence electrons. The molecule has 0 bridgehead atoms. The van der Waals surface area contributed by atoms with Gasteiger partial charge in [-0.25, -0.2) is 9.52 Å². The molecule has 9 heteroatoms. The van der Waals surface area contributed by atoms with Crippen molar-refractivity contribution >= 4 is 33.5 Å². The Morgan fingerprint density at radius 3 is 2.33 bits per heavy atom. The summed E-state index contributed by atoms with van der Waals surface area (Å²) in [6.07, 6.45) is -1.19. The number of amides is 1. The molecule has 0 fully saturated rings. The van der Waals surface area contributed by atoms with Crippen molar-refractivity contribution in [3.8, 4) is 0 Å². The number of nitrogens with zero attached hydrogens (tertiary/aromatic N) is 1. The van der Waals surface area contributed by atoms with Crippen LogP contribution < -0.4 is 10.5 Å². The van der Waals surface area contributed by atoms with Crippen molar-refractivity contribution in [3.05, 3.63) is 0 Å². The van der Waals surface area contributed by atoms with Gasteiger partial charge in [0.05, 0.1) is 11.1 Å². The monoisotopic (exact) mass is 297 g/mol. The van der Waals surface area contributed by atoms with Crippen LogP contribution in [0.3, 0.4) is 0 Å². The van der Waals surface area contributed by atoms with Gasteiger partial charge in [-0.2, -0.15) is 12.7 Å². The highest BCUT2D eigenvalue weighted by atomic mass is 32.2. The minimum atomic E-state index is -3.96. The molecule has 1 unspecified atom stereocenters. The first kappa shape index (κ1) is 17.1. The van der Waals surface area contributed by atoms with Gasteiger partial charge < -0.3 is 10.5 Å². The lowest BCUT2D eigenvalue weighted by Gasteiger charge is -2.23. The van der Waals surface area contributed by atoms with Crippen molar-refractivity contribution in [2.75, 3.05) is 7.05 Å².